The maximum atomic E-state index is 7.81. The summed E-state index contributed by atoms with van der Waals surface area (Å²) in [6.07, 6.45) is 0. The third kappa shape index (κ3) is 2.75. The average Bonchev–Trinajstić information content (AvgIpc) is 2.41. The highest BCUT2D eigenvalue weighted by molar-refractivity contribution is 6.01. The van der Waals surface area contributed by atoms with Gasteiger partial charge < -0.3 is 10.6 Å². The standard InChI is InChI=1S/C14H24N6/c1-9(2)19-5-7-20(8-6-19)14-12(13(15)16)10(3)11(4)17-18-14/h9H,5-8H2,1-4H3,(H3,15,16). The van der Waals surface area contributed by atoms with Crippen LogP contribution in [0.15, 0.2) is 0 Å². The lowest BCUT2D eigenvalue weighted by Gasteiger charge is -2.38. The van der Waals surface area contributed by atoms with Crippen LogP contribution < -0.4 is 10.6 Å². The summed E-state index contributed by atoms with van der Waals surface area (Å²) in [4.78, 5) is 4.63. The zero-order valence-corrected chi connectivity index (χ0v) is 12.8. The van der Waals surface area contributed by atoms with Crippen molar-refractivity contribution in [3.8, 4) is 0 Å². The van der Waals surface area contributed by atoms with Crippen molar-refractivity contribution < 1.29 is 0 Å². The summed E-state index contributed by atoms with van der Waals surface area (Å²) in [5, 5.41) is 16.3. The molecule has 1 aromatic heterocycles. The molecule has 0 bridgehead atoms. The Labute approximate surface area is 120 Å². The molecule has 0 aliphatic carbocycles. The molecule has 0 atom stereocenters. The number of nitrogens with one attached hydrogen (secondary N) is 1. The summed E-state index contributed by atoms with van der Waals surface area (Å²) in [5.74, 6) is 0.825. The molecule has 0 unspecified atom stereocenters. The van der Waals surface area contributed by atoms with Crippen molar-refractivity contribution in [2.45, 2.75) is 33.7 Å². The van der Waals surface area contributed by atoms with Crippen LogP contribution in [-0.4, -0.2) is 53.2 Å². The van der Waals surface area contributed by atoms with Gasteiger partial charge in [-0.2, -0.15) is 5.10 Å². The van der Waals surface area contributed by atoms with E-state index in [9.17, 15) is 0 Å². The number of hydrogen-bond donors (Lipinski definition) is 2. The zero-order chi connectivity index (χ0) is 14.9. The minimum absolute atomic E-state index is 0.0711. The molecule has 1 aromatic rings. The molecule has 3 N–H and O–H groups in total. The van der Waals surface area contributed by atoms with E-state index in [4.69, 9.17) is 11.1 Å². The van der Waals surface area contributed by atoms with Gasteiger partial charge in [0.1, 0.15) is 5.84 Å². The number of amidine groups is 1. The lowest BCUT2D eigenvalue weighted by atomic mass is 10.1. The molecule has 1 saturated heterocycles. The molecule has 1 fully saturated rings. The van der Waals surface area contributed by atoms with Gasteiger partial charge in [0, 0.05) is 32.2 Å². The lowest BCUT2D eigenvalue weighted by molar-refractivity contribution is 0.209. The Balaban J connectivity index is 2.26. The number of nitrogens with two attached hydrogens (primary N) is 1. The highest BCUT2D eigenvalue weighted by atomic mass is 15.3. The van der Waals surface area contributed by atoms with E-state index < -0.39 is 0 Å². The maximum absolute atomic E-state index is 7.81. The zero-order valence-electron chi connectivity index (χ0n) is 12.8. The SMILES string of the molecule is Cc1nnc(N2CCN(C(C)C)CC2)c(C(=N)N)c1C. The number of anilines is 1. The molecule has 0 amide bonds. The van der Waals surface area contributed by atoms with E-state index in [0.29, 0.717) is 6.04 Å². The lowest BCUT2D eigenvalue weighted by Crippen LogP contribution is -2.49. The second-order valence-corrected chi connectivity index (χ2v) is 5.64. The third-order valence-electron chi connectivity index (χ3n) is 4.05. The van der Waals surface area contributed by atoms with Crippen LogP contribution in [0.5, 0.6) is 0 Å². The summed E-state index contributed by atoms with van der Waals surface area (Å²) < 4.78 is 0. The number of hydrogen-bond acceptors (Lipinski definition) is 5. The molecule has 6 nitrogen and oxygen atoms in total. The van der Waals surface area contributed by atoms with Crippen LogP contribution in [0, 0.1) is 19.3 Å². The van der Waals surface area contributed by atoms with Crippen molar-refractivity contribution in [2.75, 3.05) is 31.1 Å². The van der Waals surface area contributed by atoms with Gasteiger partial charge in [0.2, 0.25) is 0 Å². The highest BCUT2D eigenvalue weighted by Crippen LogP contribution is 2.23. The van der Waals surface area contributed by atoms with E-state index in [0.717, 1.165) is 48.8 Å². The van der Waals surface area contributed by atoms with Gasteiger partial charge in [0.05, 0.1) is 11.3 Å². The number of nitrogen functional groups attached to an aromatic ring is 1. The molecule has 0 saturated carbocycles. The van der Waals surface area contributed by atoms with Gasteiger partial charge in [-0.1, -0.05) is 0 Å². The van der Waals surface area contributed by atoms with Gasteiger partial charge in [-0.05, 0) is 33.3 Å². The summed E-state index contributed by atoms with van der Waals surface area (Å²) in [6.45, 7) is 12.1. The quantitative estimate of drug-likeness (QED) is 0.633. The largest absolute Gasteiger partial charge is 0.384 e. The number of nitrogens with zero attached hydrogens (tertiary/aromatic N) is 4. The summed E-state index contributed by atoms with van der Waals surface area (Å²) in [7, 11) is 0. The molecule has 1 aliphatic rings. The van der Waals surface area contributed by atoms with Crippen molar-refractivity contribution in [2.24, 2.45) is 5.73 Å². The van der Waals surface area contributed by atoms with E-state index in [1.165, 1.54) is 0 Å². The predicted octanol–water partition coefficient (Wildman–Crippen LogP) is 0.908. The summed E-state index contributed by atoms with van der Waals surface area (Å²) >= 11 is 0. The van der Waals surface area contributed by atoms with Crippen LogP contribution in [0.1, 0.15) is 30.7 Å². The molecule has 0 aromatic carbocycles. The molecule has 1 aliphatic heterocycles. The van der Waals surface area contributed by atoms with Crippen molar-refractivity contribution in [3.05, 3.63) is 16.8 Å². The Bertz CT molecular complexity index is 503. The molecule has 20 heavy (non-hydrogen) atoms. The first kappa shape index (κ1) is 14.7. The second-order valence-electron chi connectivity index (χ2n) is 5.64. The second kappa shape index (κ2) is 5.75. The maximum Gasteiger partial charge on any atom is 0.162 e. The van der Waals surface area contributed by atoms with Gasteiger partial charge in [-0.3, -0.25) is 10.3 Å². The van der Waals surface area contributed by atoms with Gasteiger partial charge in [0.25, 0.3) is 0 Å². The van der Waals surface area contributed by atoms with Gasteiger partial charge in [-0.25, -0.2) is 0 Å². The monoisotopic (exact) mass is 276 g/mol. The Morgan fingerprint density at radius 2 is 1.75 bits per heavy atom. The molecule has 0 spiro atoms. The minimum atomic E-state index is 0.0711. The summed E-state index contributed by atoms with van der Waals surface area (Å²) in [5.41, 5.74) is 8.26. The fraction of sp³-hybridized carbons (Fsp3) is 0.643. The third-order valence-corrected chi connectivity index (χ3v) is 4.05. The Kier molecular flexibility index (Phi) is 4.23. The molecule has 110 valence electrons. The van der Waals surface area contributed by atoms with E-state index in [2.05, 4.69) is 33.8 Å². The first-order chi connectivity index (χ1) is 9.41. The fourth-order valence-electron chi connectivity index (χ4n) is 2.59. The number of aromatic nitrogens is 2. The van der Waals surface area contributed by atoms with Gasteiger partial charge in [0.15, 0.2) is 5.82 Å². The topological polar surface area (TPSA) is 82.1 Å². The van der Waals surface area contributed by atoms with E-state index in [-0.39, 0.29) is 5.84 Å². The van der Waals surface area contributed by atoms with Crippen LogP contribution in [0.2, 0.25) is 0 Å². The molecular weight excluding hydrogens is 252 g/mol. The Morgan fingerprint density at radius 3 is 2.25 bits per heavy atom. The number of aryl methyl sites for hydroxylation is 1. The predicted molar refractivity (Wildman–Crippen MR) is 81.4 cm³/mol. The van der Waals surface area contributed by atoms with E-state index >= 15 is 0 Å². The molecule has 2 rings (SSSR count). The van der Waals surface area contributed by atoms with Crippen LogP contribution in [-0.2, 0) is 0 Å². The van der Waals surface area contributed by atoms with E-state index in [1.807, 2.05) is 13.8 Å². The Hall–Kier alpha value is -1.69. The van der Waals surface area contributed by atoms with Crippen LogP contribution in [0.3, 0.4) is 0 Å². The fourth-order valence-corrected chi connectivity index (χ4v) is 2.59. The van der Waals surface area contributed by atoms with Crippen molar-refractivity contribution in [1.82, 2.24) is 15.1 Å². The van der Waals surface area contributed by atoms with E-state index in [1.54, 1.807) is 0 Å². The minimum Gasteiger partial charge on any atom is -0.384 e. The number of piperazine rings is 1. The van der Waals surface area contributed by atoms with Crippen molar-refractivity contribution in [1.29, 1.82) is 5.41 Å². The van der Waals surface area contributed by atoms with Crippen LogP contribution in [0.4, 0.5) is 5.82 Å². The molecular formula is C14H24N6. The first-order valence-corrected chi connectivity index (χ1v) is 7.09. The first-order valence-electron chi connectivity index (χ1n) is 7.09. The highest BCUT2D eigenvalue weighted by Gasteiger charge is 2.24. The molecule has 2 heterocycles. The van der Waals surface area contributed by atoms with Crippen molar-refractivity contribution in [3.63, 3.8) is 0 Å². The Morgan fingerprint density at radius 1 is 1.15 bits per heavy atom. The van der Waals surface area contributed by atoms with Gasteiger partial charge in [-0.15, -0.1) is 5.10 Å². The number of rotatable bonds is 3. The average molecular weight is 276 g/mol. The molecule has 6 heteroatoms. The van der Waals surface area contributed by atoms with Crippen LogP contribution >= 0.6 is 0 Å². The van der Waals surface area contributed by atoms with Crippen molar-refractivity contribution >= 4 is 11.7 Å². The normalized spacial score (nSPS) is 16.8. The molecule has 0 radical (unpaired) electrons. The summed E-state index contributed by atoms with van der Waals surface area (Å²) in [6, 6.07) is 0.565. The smallest absolute Gasteiger partial charge is 0.162 e. The van der Waals surface area contributed by atoms with Gasteiger partial charge >= 0.3 is 0 Å². The van der Waals surface area contributed by atoms with Crippen LogP contribution in [0.25, 0.3) is 0 Å².